The van der Waals surface area contributed by atoms with Gasteiger partial charge in [0.2, 0.25) is 0 Å². The summed E-state index contributed by atoms with van der Waals surface area (Å²) in [4.78, 5) is 32.1. The highest BCUT2D eigenvalue weighted by Crippen LogP contribution is 2.40. The van der Waals surface area contributed by atoms with Gasteiger partial charge in [-0.15, -0.1) is 0 Å². The molecule has 27 heavy (non-hydrogen) atoms. The van der Waals surface area contributed by atoms with E-state index < -0.39 is 12.1 Å². The van der Waals surface area contributed by atoms with E-state index in [-0.39, 0.29) is 22.8 Å². The number of aromatic nitrogens is 1. The van der Waals surface area contributed by atoms with Crippen LogP contribution < -0.4 is 31.3 Å². The van der Waals surface area contributed by atoms with Crippen molar-refractivity contribution in [2.45, 2.75) is 25.6 Å². The molecule has 2 atom stereocenters. The van der Waals surface area contributed by atoms with Crippen molar-refractivity contribution >= 4 is 35.1 Å². The Labute approximate surface area is 161 Å². The van der Waals surface area contributed by atoms with Crippen LogP contribution in [0.2, 0.25) is 5.02 Å². The number of hydrogen-bond acceptors (Lipinski definition) is 7. The number of carboxylic acids is 1. The van der Waals surface area contributed by atoms with E-state index in [9.17, 15) is 14.7 Å². The molecule has 5 N–H and O–H groups in total. The zero-order chi connectivity index (χ0) is 19.7. The fourth-order valence-electron chi connectivity index (χ4n) is 3.37. The summed E-state index contributed by atoms with van der Waals surface area (Å²) in [5.41, 5.74) is 5.90. The third-order valence-corrected chi connectivity index (χ3v) is 4.75. The molecule has 3 heterocycles. The van der Waals surface area contributed by atoms with Crippen LogP contribution in [0.3, 0.4) is 0 Å². The van der Waals surface area contributed by atoms with Gasteiger partial charge in [0.25, 0.3) is 0 Å². The molecule has 3 rings (SSSR count). The first-order chi connectivity index (χ1) is 12.8. The summed E-state index contributed by atoms with van der Waals surface area (Å²) in [6, 6.07) is 1.11. The molecule has 1 saturated heterocycles. The Hall–Kier alpha value is -2.72. The lowest BCUT2D eigenvalue weighted by molar-refractivity contribution is 0.0690. The molecule has 0 spiro atoms. The number of anilines is 2. The molecule has 1 aromatic rings. The average Bonchev–Trinajstić information content (AvgIpc) is 2.99. The Morgan fingerprint density at radius 3 is 2.85 bits per heavy atom. The Bertz CT molecular complexity index is 788. The van der Waals surface area contributed by atoms with Crippen LogP contribution in [0, 0.1) is 0 Å². The summed E-state index contributed by atoms with van der Waals surface area (Å²) < 4.78 is 0. The highest BCUT2D eigenvalue weighted by Gasteiger charge is 2.41. The third-order valence-electron chi connectivity index (χ3n) is 4.46. The molecule has 1 fully saturated rings. The molecule has 2 bridgehead atoms. The van der Waals surface area contributed by atoms with Crippen LogP contribution in [-0.4, -0.2) is 54.4 Å². The number of aromatic carboxylic acids is 1. The number of carbonyl (C=O) groups excluding carboxylic acids is 1. The quantitative estimate of drug-likeness (QED) is 0.352. The maximum Gasteiger partial charge on any atom is 0.356 e. The molecule has 0 aliphatic carbocycles. The summed E-state index contributed by atoms with van der Waals surface area (Å²) in [6.07, 6.45) is 0.347. The van der Waals surface area contributed by atoms with E-state index in [1.807, 2.05) is 0 Å². The first-order valence-electron chi connectivity index (χ1n) is 8.48. The van der Waals surface area contributed by atoms with Crippen molar-refractivity contribution in [2.24, 2.45) is 0 Å². The Kier molecular flexibility index (Phi) is 5.29. The van der Waals surface area contributed by atoms with E-state index in [1.54, 1.807) is 20.0 Å². The van der Waals surface area contributed by atoms with Gasteiger partial charge in [0, 0.05) is 20.1 Å². The zero-order valence-corrected chi connectivity index (χ0v) is 15.8. The summed E-state index contributed by atoms with van der Waals surface area (Å²) in [5, 5.41) is 15.2. The molecule has 11 heteroatoms. The number of hydrazine groups is 1. The first-order valence-corrected chi connectivity index (χ1v) is 8.86. The number of nitrogens with zero attached hydrogens (tertiary/aromatic N) is 3. The van der Waals surface area contributed by atoms with E-state index in [1.165, 1.54) is 4.90 Å². The number of urea groups is 1. The maximum absolute atomic E-state index is 12.9. The molecule has 2 aliphatic rings. The minimum absolute atomic E-state index is 0.0523. The Morgan fingerprint density at radius 2 is 2.19 bits per heavy atom. The van der Waals surface area contributed by atoms with E-state index in [0.29, 0.717) is 23.9 Å². The van der Waals surface area contributed by atoms with Crippen LogP contribution in [0.5, 0.6) is 0 Å². The molecule has 0 radical (unpaired) electrons. The van der Waals surface area contributed by atoms with Gasteiger partial charge in [-0.05, 0) is 19.4 Å². The summed E-state index contributed by atoms with van der Waals surface area (Å²) in [7, 11) is 1.70. The smallest absolute Gasteiger partial charge is 0.356 e. The summed E-state index contributed by atoms with van der Waals surface area (Å²) in [6.45, 7) is 6.94. The first kappa shape index (κ1) is 19.1. The molecule has 0 aromatic carbocycles. The van der Waals surface area contributed by atoms with Crippen molar-refractivity contribution in [1.29, 1.82) is 0 Å². The number of nitrogens with one attached hydrogen (secondary N) is 4. The lowest BCUT2D eigenvalue weighted by atomic mass is 10.1. The van der Waals surface area contributed by atoms with Crippen molar-refractivity contribution in [3.63, 3.8) is 0 Å². The number of carbonyl (C=O) groups is 2. The van der Waals surface area contributed by atoms with Gasteiger partial charge in [0.05, 0.1) is 22.9 Å². The average molecular weight is 396 g/mol. The minimum Gasteiger partial charge on any atom is -0.476 e. The number of hydrogen-bond donors (Lipinski definition) is 5. The largest absolute Gasteiger partial charge is 0.476 e. The van der Waals surface area contributed by atoms with Gasteiger partial charge in [-0.2, -0.15) is 0 Å². The van der Waals surface area contributed by atoms with Gasteiger partial charge in [-0.3, -0.25) is 4.90 Å². The summed E-state index contributed by atoms with van der Waals surface area (Å²) >= 11 is 6.07. The summed E-state index contributed by atoms with van der Waals surface area (Å²) in [5.74, 6) is -0.433. The molecule has 1 unspecified atom stereocenters. The fraction of sp³-hybridized carbons (Fsp3) is 0.438. The fourth-order valence-corrected chi connectivity index (χ4v) is 3.60. The standard InChI is InChI=1S/C16H22ClN7O3/c1-8(19-9(2)22-18-3)20-16(27)24-10-4-5-23(7-10)12-6-11(17)13(15(25)26)21-14(12)24/h6,8,10,18-19,22H,2,4-5,7H2,1,3H3,(H,20,27)(H,25,26)/t8?,10-/m0/s1. The van der Waals surface area contributed by atoms with E-state index in [2.05, 4.69) is 37.9 Å². The molecular weight excluding hydrogens is 374 g/mol. The molecule has 10 nitrogen and oxygen atoms in total. The predicted octanol–water partition coefficient (Wildman–Crippen LogP) is 0.672. The van der Waals surface area contributed by atoms with Crippen LogP contribution in [0.4, 0.5) is 16.3 Å². The molecule has 0 saturated carbocycles. The lowest BCUT2D eigenvalue weighted by Gasteiger charge is -2.36. The third kappa shape index (κ3) is 3.71. The van der Waals surface area contributed by atoms with Crippen molar-refractivity contribution < 1.29 is 14.7 Å². The van der Waals surface area contributed by atoms with Gasteiger partial charge in [-0.1, -0.05) is 18.2 Å². The molecule has 2 aliphatic heterocycles. The topological polar surface area (TPSA) is 122 Å². The van der Waals surface area contributed by atoms with Crippen molar-refractivity contribution in [3.8, 4) is 0 Å². The van der Waals surface area contributed by atoms with Crippen molar-refractivity contribution in [2.75, 3.05) is 29.9 Å². The molecule has 1 aromatic heterocycles. The Morgan fingerprint density at radius 1 is 1.44 bits per heavy atom. The molecular formula is C16H22ClN7O3. The number of halogens is 1. The van der Waals surface area contributed by atoms with Crippen LogP contribution in [-0.2, 0) is 0 Å². The van der Waals surface area contributed by atoms with Crippen LogP contribution in [0.25, 0.3) is 0 Å². The lowest BCUT2D eigenvalue weighted by Crippen LogP contribution is -2.55. The van der Waals surface area contributed by atoms with Crippen molar-refractivity contribution in [3.05, 3.63) is 29.2 Å². The van der Waals surface area contributed by atoms with Gasteiger partial charge < -0.3 is 26.1 Å². The number of fused-ring (bicyclic) bond motifs is 4. The minimum atomic E-state index is -1.24. The highest BCUT2D eigenvalue weighted by molar-refractivity contribution is 6.33. The van der Waals surface area contributed by atoms with E-state index >= 15 is 0 Å². The van der Waals surface area contributed by atoms with Gasteiger partial charge in [-0.25, -0.2) is 20.0 Å². The van der Waals surface area contributed by atoms with Crippen LogP contribution >= 0.6 is 11.6 Å². The predicted molar refractivity (Wildman–Crippen MR) is 102 cm³/mol. The Balaban J connectivity index is 1.86. The number of carboxylic acid groups (broad SMARTS) is 1. The second kappa shape index (κ2) is 7.49. The van der Waals surface area contributed by atoms with E-state index in [0.717, 1.165) is 13.0 Å². The monoisotopic (exact) mass is 395 g/mol. The maximum atomic E-state index is 12.9. The zero-order valence-electron chi connectivity index (χ0n) is 15.0. The SMILES string of the molecule is C=C(NNC)NC(C)NC(=O)N1c2nc(C(=O)O)c(Cl)cc2N2CC[C@H]1C2. The number of pyridine rings is 1. The second-order valence-corrected chi connectivity index (χ2v) is 6.80. The van der Waals surface area contributed by atoms with Gasteiger partial charge >= 0.3 is 12.0 Å². The number of rotatable bonds is 6. The highest BCUT2D eigenvalue weighted by atomic mass is 35.5. The van der Waals surface area contributed by atoms with Crippen LogP contribution in [0.15, 0.2) is 18.5 Å². The molecule has 146 valence electrons. The van der Waals surface area contributed by atoms with Gasteiger partial charge in [0.15, 0.2) is 11.5 Å². The van der Waals surface area contributed by atoms with E-state index in [4.69, 9.17) is 11.6 Å². The number of amides is 2. The second-order valence-electron chi connectivity index (χ2n) is 6.39. The van der Waals surface area contributed by atoms with Crippen molar-refractivity contribution in [1.82, 2.24) is 26.5 Å². The van der Waals surface area contributed by atoms with Crippen LogP contribution in [0.1, 0.15) is 23.8 Å². The normalized spacial score (nSPS) is 18.6. The van der Waals surface area contributed by atoms with Gasteiger partial charge in [0.1, 0.15) is 5.82 Å². The molecule has 2 amide bonds.